The summed E-state index contributed by atoms with van der Waals surface area (Å²) in [6, 6.07) is 2.55. The largest absolute Gasteiger partial charge is 0.453 e. The van der Waals surface area contributed by atoms with Gasteiger partial charge in [-0.3, -0.25) is 14.9 Å². The standard InChI is InChI=1S/C18H22N8O7/c27-14(23-19-11-13-1-2-15(33-13)26(28)29)12-32-18-21-16(24-3-7-30-8-4-24)20-17(22-18)25-5-9-31-10-6-25/h1-2,11H,3-10,12H2,(H,23,27). The van der Waals surface area contributed by atoms with Crippen molar-refractivity contribution in [2.24, 2.45) is 5.10 Å². The van der Waals surface area contributed by atoms with Crippen LogP contribution in [0.1, 0.15) is 5.76 Å². The van der Waals surface area contributed by atoms with Gasteiger partial charge in [-0.2, -0.15) is 20.1 Å². The smallest absolute Gasteiger partial charge is 0.433 e. The minimum Gasteiger partial charge on any atom is -0.453 e. The molecule has 1 amide bonds. The van der Waals surface area contributed by atoms with Crippen molar-refractivity contribution in [1.82, 2.24) is 20.4 Å². The van der Waals surface area contributed by atoms with Gasteiger partial charge < -0.3 is 28.4 Å². The molecule has 2 aliphatic rings. The normalized spacial score (nSPS) is 16.7. The van der Waals surface area contributed by atoms with Crippen molar-refractivity contribution in [3.63, 3.8) is 0 Å². The van der Waals surface area contributed by atoms with Crippen molar-refractivity contribution in [2.45, 2.75) is 0 Å². The lowest BCUT2D eigenvalue weighted by atomic mass is 10.4. The summed E-state index contributed by atoms with van der Waals surface area (Å²) in [5.41, 5.74) is 2.25. The average molecular weight is 462 g/mol. The lowest BCUT2D eigenvalue weighted by Crippen LogP contribution is -2.40. The Kier molecular flexibility index (Phi) is 7.21. The zero-order chi connectivity index (χ0) is 23.0. The van der Waals surface area contributed by atoms with Gasteiger partial charge in [-0.25, -0.2) is 5.43 Å². The van der Waals surface area contributed by atoms with Crippen LogP contribution < -0.4 is 20.0 Å². The van der Waals surface area contributed by atoms with Crippen molar-refractivity contribution >= 4 is 29.9 Å². The maximum Gasteiger partial charge on any atom is 0.433 e. The van der Waals surface area contributed by atoms with Crippen LogP contribution in [0.2, 0.25) is 0 Å². The number of morpholine rings is 2. The number of hydrogen-bond acceptors (Lipinski definition) is 13. The zero-order valence-corrected chi connectivity index (χ0v) is 17.6. The third-order valence-electron chi connectivity index (χ3n) is 4.69. The van der Waals surface area contributed by atoms with Crippen LogP contribution in [0.5, 0.6) is 6.01 Å². The molecule has 1 N–H and O–H groups in total. The minimum atomic E-state index is -0.672. The van der Waals surface area contributed by atoms with Crippen LogP contribution in [-0.4, -0.2) is 91.2 Å². The molecule has 4 heterocycles. The maximum absolute atomic E-state index is 12.1. The molecule has 2 aromatic rings. The predicted molar refractivity (Wildman–Crippen MR) is 112 cm³/mol. The van der Waals surface area contributed by atoms with Crippen LogP contribution in [0.4, 0.5) is 17.8 Å². The number of hydrazone groups is 1. The number of nitrogens with zero attached hydrogens (tertiary/aromatic N) is 7. The van der Waals surface area contributed by atoms with Gasteiger partial charge >= 0.3 is 11.9 Å². The molecular formula is C18H22N8O7. The van der Waals surface area contributed by atoms with E-state index < -0.39 is 23.3 Å². The van der Waals surface area contributed by atoms with E-state index >= 15 is 0 Å². The number of carbonyl (C=O) groups excluding carboxylic acids is 1. The molecule has 0 atom stereocenters. The molecule has 2 aliphatic heterocycles. The van der Waals surface area contributed by atoms with Gasteiger partial charge in [-0.1, -0.05) is 0 Å². The molecule has 33 heavy (non-hydrogen) atoms. The van der Waals surface area contributed by atoms with Crippen LogP contribution in [0.3, 0.4) is 0 Å². The van der Waals surface area contributed by atoms with Crippen LogP contribution >= 0.6 is 0 Å². The zero-order valence-electron chi connectivity index (χ0n) is 17.6. The third-order valence-corrected chi connectivity index (χ3v) is 4.69. The number of hydrogen-bond donors (Lipinski definition) is 1. The Labute approximate surface area is 187 Å². The Morgan fingerprint density at radius 3 is 2.24 bits per heavy atom. The number of furan rings is 1. The summed E-state index contributed by atoms with van der Waals surface area (Å²) in [7, 11) is 0. The van der Waals surface area contributed by atoms with E-state index in [0.717, 1.165) is 6.21 Å². The fourth-order valence-electron chi connectivity index (χ4n) is 3.05. The number of amides is 1. The molecule has 15 nitrogen and oxygen atoms in total. The summed E-state index contributed by atoms with van der Waals surface area (Å²) in [4.78, 5) is 39.2. The number of anilines is 2. The number of rotatable bonds is 8. The van der Waals surface area contributed by atoms with E-state index in [9.17, 15) is 14.9 Å². The molecule has 2 saturated heterocycles. The van der Waals surface area contributed by atoms with Gasteiger partial charge in [0, 0.05) is 26.2 Å². The Bertz CT molecular complexity index is 965. The number of carbonyl (C=O) groups is 1. The van der Waals surface area contributed by atoms with Gasteiger partial charge in [-0.15, -0.1) is 0 Å². The molecule has 0 bridgehead atoms. The first-order valence-corrected chi connectivity index (χ1v) is 10.2. The fraction of sp³-hybridized carbons (Fsp3) is 0.500. The van der Waals surface area contributed by atoms with E-state index in [1.165, 1.54) is 12.1 Å². The Morgan fingerprint density at radius 2 is 1.70 bits per heavy atom. The molecular weight excluding hydrogens is 440 g/mol. The van der Waals surface area contributed by atoms with Gasteiger partial charge in [0.25, 0.3) is 5.91 Å². The van der Waals surface area contributed by atoms with Crippen molar-refractivity contribution in [1.29, 1.82) is 0 Å². The first-order valence-electron chi connectivity index (χ1n) is 10.2. The van der Waals surface area contributed by atoms with Crippen molar-refractivity contribution in [2.75, 3.05) is 69.0 Å². The second kappa shape index (κ2) is 10.6. The highest BCUT2D eigenvalue weighted by Gasteiger charge is 2.21. The van der Waals surface area contributed by atoms with E-state index in [2.05, 4.69) is 25.5 Å². The van der Waals surface area contributed by atoms with E-state index in [0.29, 0.717) is 64.5 Å². The van der Waals surface area contributed by atoms with Gasteiger partial charge in [0.2, 0.25) is 11.9 Å². The Hall–Kier alpha value is -3.85. The minimum absolute atomic E-state index is 0.00812. The van der Waals surface area contributed by atoms with Crippen molar-refractivity contribution < 1.29 is 28.3 Å². The summed E-state index contributed by atoms with van der Waals surface area (Å²) >= 11 is 0. The topological polar surface area (TPSA) is 171 Å². The molecule has 0 radical (unpaired) electrons. The molecule has 0 saturated carbocycles. The van der Waals surface area contributed by atoms with Crippen molar-refractivity contribution in [3.8, 4) is 6.01 Å². The molecule has 0 unspecified atom stereocenters. The van der Waals surface area contributed by atoms with E-state index in [-0.39, 0.29) is 11.8 Å². The van der Waals surface area contributed by atoms with E-state index in [1.807, 2.05) is 9.80 Å². The summed E-state index contributed by atoms with van der Waals surface area (Å²) in [6.45, 7) is 4.38. The number of nitro groups is 1. The first-order chi connectivity index (χ1) is 16.1. The van der Waals surface area contributed by atoms with Crippen LogP contribution in [-0.2, 0) is 14.3 Å². The Balaban J connectivity index is 1.38. The first kappa shape index (κ1) is 22.3. The van der Waals surface area contributed by atoms with Crippen molar-refractivity contribution in [3.05, 3.63) is 28.0 Å². The number of nitrogens with one attached hydrogen (secondary N) is 1. The molecule has 15 heteroatoms. The van der Waals surface area contributed by atoms with Crippen LogP contribution in [0.15, 0.2) is 21.7 Å². The number of ether oxygens (including phenoxy) is 3. The Morgan fingerprint density at radius 1 is 1.09 bits per heavy atom. The second-order valence-electron chi connectivity index (χ2n) is 6.93. The summed E-state index contributed by atoms with van der Waals surface area (Å²) < 4.78 is 21.2. The quantitative estimate of drug-likeness (QED) is 0.305. The summed E-state index contributed by atoms with van der Waals surface area (Å²) in [5.74, 6) is 0.0117. The predicted octanol–water partition coefficient (Wildman–Crippen LogP) is -0.425. The van der Waals surface area contributed by atoms with Crippen LogP contribution in [0, 0.1) is 10.1 Å². The van der Waals surface area contributed by atoms with Crippen LogP contribution in [0.25, 0.3) is 0 Å². The molecule has 4 rings (SSSR count). The maximum atomic E-state index is 12.1. The molecule has 0 aromatic carbocycles. The molecule has 0 spiro atoms. The number of aromatic nitrogens is 3. The highest BCUT2D eigenvalue weighted by Crippen LogP contribution is 2.20. The SMILES string of the molecule is O=C(COc1nc(N2CCOCC2)nc(N2CCOCC2)n1)NN=Cc1ccc([N+](=O)[O-])o1. The highest BCUT2D eigenvalue weighted by molar-refractivity contribution is 5.81. The second-order valence-corrected chi connectivity index (χ2v) is 6.93. The molecule has 0 aliphatic carbocycles. The fourth-order valence-corrected chi connectivity index (χ4v) is 3.05. The highest BCUT2D eigenvalue weighted by atomic mass is 16.6. The third kappa shape index (κ3) is 6.11. The molecule has 2 aromatic heterocycles. The van der Waals surface area contributed by atoms with Gasteiger partial charge in [0.05, 0.1) is 38.7 Å². The van der Waals surface area contributed by atoms with Gasteiger partial charge in [0.1, 0.15) is 4.92 Å². The van der Waals surface area contributed by atoms with E-state index in [4.69, 9.17) is 18.6 Å². The van der Waals surface area contributed by atoms with Gasteiger partial charge in [-0.05, 0) is 6.07 Å². The summed E-state index contributed by atoms with van der Waals surface area (Å²) in [6.07, 6.45) is 1.14. The average Bonchev–Trinajstić information content (AvgIpc) is 3.33. The lowest BCUT2D eigenvalue weighted by Gasteiger charge is -2.30. The molecule has 176 valence electrons. The monoisotopic (exact) mass is 462 g/mol. The summed E-state index contributed by atoms with van der Waals surface area (Å²) in [5, 5.41) is 14.3. The van der Waals surface area contributed by atoms with E-state index in [1.54, 1.807) is 0 Å². The lowest BCUT2D eigenvalue weighted by molar-refractivity contribution is -0.402. The molecule has 2 fully saturated rings. The van der Waals surface area contributed by atoms with Gasteiger partial charge in [0.15, 0.2) is 12.4 Å².